The molecule has 0 saturated heterocycles. The molecule has 0 bridgehead atoms. The first-order valence-corrected chi connectivity index (χ1v) is 12.0. The van der Waals surface area contributed by atoms with E-state index in [9.17, 15) is 19.2 Å². The van der Waals surface area contributed by atoms with Crippen LogP contribution < -0.4 is 31.7 Å². The summed E-state index contributed by atoms with van der Waals surface area (Å²) in [5.41, 5.74) is 6.10. The molecule has 4 amide bonds. The number of ether oxygens (including phenoxy) is 1. The SMILES string of the molecule is CCCCCCNC(=O)CC[C@@H](NC(=O)[C@H](C)NC(=O)COc1cccc(NCCO)c1)C(N)=O. The minimum atomic E-state index is -1.03. The van der Waals surface area contributed by atoms with Gasteiger partial charge in [-0.15, -0.1) is 0 Å². The molecule has 0 heterocycles. The number of benzene rings is 1. The summed E-state index contributed by atoms with van der Waals surface area (Å²) in [5, 5.41) is 19.6. The molecule has 0 aromatic heterocycles. The summed E-state index contributed by atoms with van der Waals surface area (Å²) in [5.74, 6) is -1.66. The van der Waals surface area contributed by atoms with Gasteiger partial charge in [0.2, 0.25) is 17.7 Å². The quantitative estimate of drug-likeness (QED) is 0.161. The molecule has 0 spiro atoms. The van der Waals surface area contributed by atoms with Crippen LogP contribution in [0.4, 0.5) is 5.69 Å². The molecule has 0 radical (unpaired) electrons. The van der Waals surface area contributed by atoms with Crippen LogP contribution in [0.3, 0.4) is 0 Å². The van der Waals surface area contributed by atoms with Crippen LogP contribution in [0.1, 0.15) is 52.4 Å². The Morgan fingerprint density at radius 1 is 1.06 bits per heavy atom. The van der Waals surface area contributed by atoms with Crippen molar-refractivity contribution in [2.24, 2.45) is 5.73 Å². The molecule has 35 heavy (non-hydrogen) atoms. The number of amides is 4. The maximum atomic E-state index is 12.4. The molecule has 0 aliphatic heterocycles. The van der Waals surface area contributed by atoms with Gasteiger partial charge < -0.3 is 36.8 Å². The lowest BCUT2D eigenvalue weighted by molar-refractivity contribution is -0.131. The zero-order valence-corrected chi connectivity index (χ0v) is 20.6. The minimum Gasteiger partial charge on any atom is -0.484 e. The number of nitrogens with one attached hydrogen (secondary N) is 4. The fourth-order valence-electron chi connectivity index (χ4n) is 3.12. The zero-order chi connectivity index (χ0) is 26.1. The molecule has 1 rings (SSSR count). The van der Waals surface area contributed by atoms with Gasteiger partial charge in [-0.2, -0.15) is 0 Å². The molecule has 1 aromatic rings. The van der Waals surface area contributed by atoms with Gasteiger partial charge in [-0.25, -0.2) is 0 Å². The molecule has 0 unspecified atom stereocenters. The Balaban J connectivity index is 2.41. The first-order valence-electron chi connectivity index (χ1n) is 12.0. The van der Waals surface area contributed by atoms with Crippen LogP contribution in [-0.2, 0) is 19.2 Å². The average molecular weight is 494 g/mol. The number of hydrogen-bond acceptors (Lipinski definition) is 7. The van der Waals surface area contributed by atoms with E-state index in [4.69, 9.17) is 15.6 Å². The van der Waals surface area contributed by atoms with Gasteiger partial charge in [0.15, 0.2) is 6.61 Å². The Hall–Kier alpha value is -3.34. The number of rotatable bonds is 18. The summed E-state index contributed by atoms with van der Waals surface area (Å²) >= 11 is 0. The number of carbonyl (C=O) groups is 4. The summed E-state index contributed by atoms with van der Waals surface area (Å²) in [6.07, 6.45) is 4.26. The van der Waals surface area contributed by atoms with E-state index < -0.39 is 29.8 Å². The normalized spacial score (nSPS) is 12.2. The van der Waals surface area contributed by atoms with E-state index in [2.05, 4.69) is 28.2 Å². The maximum absolute atomic E-state index is 12.4. The van der Waals surface area contributed by atoms with Crippen molar-refractivity contribution in [3.8, 4) is 5.75 Å². The fraction of sp³-hybridized carbons (Fsp3) is 0.583. The van der Waals surface area contributed by atoms with Crippen molar-refractivity contribution in [2.75, 3.05) is 31.6 Å². The van der Waals surface area contributed by atoms with Crippen LogP contribution in [0.25, 0.3) is 0 Å². The van der Waals surface area contributed by atoms with Crippen LogP contribution in [0.2, 0.25) is 0 Å². The molecular weight excluding hydrogens is 454 g/mol. The van der Waals surface area contributed by atoms with Gasteiger partial charge in [0, 0.05) is 31.3 Å². The fourth-order valence-corrected chi connectivity index (χ4v) is 3.12. The average Bonchev–Trinajstić information content (AvgIpc) is 2.83. The van der Waals surface area contributed by atoms with E-state index >= 15 is 0 Å². The number of aliphatic hydroxyl groups is 1. The van der Waals surface area contributed by atoms with Gasteiger partial charge >= 0.3 is 0 Å². The smallest absolute Gasteiger partial charge is 0.258 e. The summed E-state index contributed by atoms with van der Waals surface area (Å²) < 4.78 is 5.44. The lowest BCUT2D eigenvalue weighted by atomic mass is 10.1. The monoisotopic (exact) mass is 493 g/mol. The van der Waals surface area contributed by atoms with Gasteiger partial charge in [0.1, 0.15) is 17.8 Å². The molecule has 0 saturated carbocycles. The molecule has 7 N–H and O–H groups in total. The summed E-state index contributed by atoms with van der Waals surface area (Å²) in [6, 6.07) is 4.90. The van der Waals surface area contributed by atoms with E-state index in [0.717, 1.165) is 31.4 Å². The molecular formula is C24H39N5O6. The van der Waals surface area contributed by atoms with Crippen molar-refractivity contribution in [1.29, 1.82) is 0 Å². The molecule has 1 aromatic carbocycles. The van der Waals surface area contributed by atoms with Gasteiger partial charge in [-0.05, 0) is 31.9 Å². The highest BCUT2D eigenvalue weighted by Gasteiger charge is 2.23. The zero-order valence-electron chi connectivity index (χ0n) is 20.6. The van der Waals surface area contributed by atoms with Crippen molar-refractivity contribution in [1.82, 2.24) is 16.0 Å². The third-order valence-corrected chi connectivity index (χ3v) is 5.09. The van der Waals surface area contributed by atoms with Crippen LogP contribution in [0, 0.1) is 0 Å². The highest BCUT2D eigenvalue weighted by atomic mass is 16.5. The second-order valence-corrected chi connectivity index (χ2v) is 8.17. The Morgan fingerprint density at radius 3 is 2.51 bits per heavy atom. The third kappa shape index (κ3) is 13.2. The number of nitrogens with two attached hydrogens (primary N) is 1. The second-order valence-electron chi connectivity index (χ2n) is 8.17. The molecule has 0 aliphatic rings. The molecule has 196 valence electrons. The Morgan fingerprint density at radius 2 is 1.83 bits per heavy atom. The van der Waals surface area contributed by atoms with E-state index in [1.54, 1.807) is 24.3 Å². The van der Waals surface area contributed by atoms with Crippen molar-refractivity contribution >= 4 is 29.3 Å². The van der Waals surface area contributed by atoms with Gasteiger partial charge in [-0.1, -0.05) is 32.3 Å². The molecule has 0 aliphatic carbocycles. The predicted octanol–water partition coefficient (Wildman–Crippen LogP) is 0.421. The lowest BCUT2D eigenvalue weighted by Crippen LogP contribution is -2.52. The summed E-state index contributed by atoms with van der Waals surface area (Å²) in [7, 11) is 0. The summed E-state index contributed by atoms with van der Waals surface area (Å²) in [6.45, 7) is 4.19. The standard InChI is InChI=1S/C24H39N5O6/c1-3-4-5-6-12-27-21(31)11-10-20(23(25)33)29-24(34)17(2)28-22(32)16-35-19-9-7-8-18(15-19)26-13-14-30/h7-9,15,17,20,26,30H,3-6,10-14,16H2,1-2H3,(H2,25,33)(H,27,31)(H,28,32)(H,29,34)/t17-,20+/m0/s1. The number of anilines is 1. The second kappa shape index (κ2) is 17.1. The lowest BCUT2D eigenvalue weighted by Gasteiger charge is -2.19. The van der Waals surface area contributed by atoms with E-state index in [0.29, 0.717) is 18.8 Å². The van der Waals surface area contributed by atoms with E-state index in [1.165, 1.54) is 6.92 Å². The highest BCUT2D eigenvalue weighted by Crippen LogP contribution is 2.16. The van der Waals surface area contributed by atoms with Crippen LogP contribution in [-0.4, -0.2) is 67.1 Å². The van der Waals surface area contributed by atoms with Crippen LogP contribution in [0.5, 0.6) is 5.75 Å². The first-order chi connectivity index (χ1) is 16.8. The highest BCUT2D eigenvalue weighted by molar-refractivity contribution is 5.91. The van der Waals surface area contributed by atoms with Gasteiger partial charge in [0.05, 0.1) is 6.61 Å². The van der Waals surface area contributed by atoms with Crippen LogP contribution >= 0.6 is 0 Å². The minimum absolute atomic E-state index is 0.0175. The predicted molar refractivity (Wildman–Crippen MR) is 133 cm³/mol. The number of unbranched alkanes of at least 4 members (excludes halogenated alkanes) is 3. The van der Waals surface area contributed by atoms with Crippen molar-refractivity contribution in [3.63, 3.8) is 0 Å². The largest absolute Gasteiger partial charge is 0.484 e. The van der Waals surface area contributed by atoms with Crippen molar-refractivity contribution in [3.05, 3.63) is 24.3 Å². The molecule has 2 atom stereocenters. The van der Waals surface area contributed by atoms with Crippen LogP contribution in [0.15, 0.2) is 24.3 Å². The molecule has 11 nitrogen and oxygen atoms in total. The summed E-state index contributed by atoms with van der Waals surface area (Å²) in [4.78, 5) is 48.3. The third-order valence-electron chi connectivity index (χ3n) is 5.09. The topological polar surface area (TPSA) is 172 Å². The van der Waals surface area contributed by atoms with Crippen molar-refractivity contribution < 1.29 is 29.0 Å². The number of primary amides is 1. The Labute approximate surface area is 206 Å². The maximum Gasteiger partial charge on any atom is 0.258 e. The first kappa shape index (κ1) is 29.7. The number of hydrogen-bond donors (Lipinski definition) is 6. The molecule has 0 fully saturated rings. The van der Waals surface area contributed by atoms with E-state index in [-0.39, 0.29) is 32.0 Å². The Kier molecular flexibility index (Phi) is 14.5. The number of carbonyl (C=O) groups excluding carboxylic acids is 4. The Bertz CT molecular complexity index is 819. The van der Waals surface area contributed by atoms with Gasteiger partial charge in [-0.3, -0.25) is 19.2 Å². The van der Waals surface area contributed by atoms with Gasteiger partial charge in [0.25, 0.3) is 5.91 Å². The number of aliphatic hydroxyl groups excluding tert-OH is 1. The van der Waals surface area contributed by atoms with E-state index in [1.807, 2.05) is 0 Å². The van der Waals surface area contributed by atoms with Crippen molar-refractivity contribution in [2.45, 2.75) is 64.5 Å². The molecule has 11 heteroatoms.